The monoisotopic (exact) mass is 510 g/mol. The van der Waals surface area contributed by atoms with Crippen LogP contribution in [0.2, 0.25) is 0 Å². The molecule has 0 spiro atoms. The van der Waals surface area contributed by atoms with Crippen molar-refractivity contribution in [3.05, 3.63) is 134 Å². The number of rotatable bonds is 4. The van der Waals surface area contributed by atoms with Crippen LogP contribution in [0, 0.1) is 0 Å². The number of pyridine rings is 4. The van der Waals surface area contributed by atoms with Crippen LogP contribution in [0.5, 0.6) is 0 Å². The van der Waals surface area contributed by atoms with E-state index in [0.717, 1.165) is 45.2 Å². The molecule has 4 aromatic carbocycles. The van der Waals surface area contributed by atoms with E-state index < -0.39 is 0 Å². The van der Waals surface area contributed by atoms with Crippen LogP contribution in [-0.2, 0) is 0 Å². The van der Waals surface area contributed by atoms with E-state index in [4.69, 9.17) is 4.98 Å². The standard InChI is InChI=1S/C36H22N4/c1-4-18-37-30(7-1)27-15-11-24-12-16-28-26(14-10-23-13-17-29(27)36(24)35(23)28)25-21-33(31-8-2-5-19-38-31)40-34(22-25)32-9-3-6-20-39-32/h1-22H. The zero-order chi connectivity index (χ0) is 26.5. The molecule has 0 atom stereocenters. The Labute approximate surface area is 231 Å². The van der Waals surface area contributed by atoms with Gasteiger partial charge in [0.05, 0.1) is 28.5 Å². The Bertz CT molecular complexity index is 2080. The molecule has 8 rings (SSSR count). The summed E-state index contributed by atoms with van der Waals surface area (Å²) in [4.78, 5) is 18.8. The van der Waals surface area contributed by atoms with Gasteiger partial charge in [0.25, 0.3) is 0 Å². The van der Waals surface area contributed by atoms with Crippen molar-refractivity contribution in [2.24, 2.45) is 0 Å². The Morgan fingerprint density at radius 2 is 0.850 bits per heavy atom. The fraction of sp³-hybridized carbons (Fsp3) is 0. The summed E-state index contributed by atoms with van der Waals surface area (Å²) in [6.45, 7) is 0. The van der Waals surface area contributed by atoms with E-state index >= 15 is 0 Å². The van der Waals surface area contributed by atoms with Gasteiger partial charge in [-0.25, -0.2) is 4.98 Å². The summed E-state index contributed by atoms with van der Waals surface area (Å²) < 4.78 is 0. The van der Waals surface area contributed by atoms with Gasteiger partial charge >= 0.3 is 0 Å². The summed E-state index contributed by atoms with van der Waals surface area (Å²) in [5, 5.41) is 7.40. The van der Waals surface area contributed by atoms with Gasteiger partial charge in [0.2, 0.25) is 0 Å². The first-order valence-corrected chi connectivity index (χ1v) is 13.3. The van der Waals surface area contributed by atoms with E-state index in [1.807, 2.05) is 54.7 Å². The molecule has 4 heterocycles. The zero-order valence-electron chi connectivity index (χ0n) is 21.5. The van der Waals surface area contributed by atoms with Crippen molar-refractivity contribution in [1.29, 1.82) is 0 Å². The first-order chi connectivity index (χ1) is 19.8. The molecular formula is C36H22N4. The fourth-order valence-electron chi connectivity index (χ4n) is 5.78. The van der Waals surface area contributed by atoms with Crippen LogP contribution in [0.1, 0.15) is 0 Å². The summed E-state index contributed by atoms with van der Waals surface area (Å²) in [7, 11) is 0. The normalized spacial score (nSPS) is 11.5. The number of aromatic nitrogens is 4. The van der Waals surface area contributed by atoms with Gasteiger partial charge in [-0.05, 0) is 92.0 Å². The summed E-state index contributed by atoms with van der Waals surface area (Å²) in [6.07, 6.45) is 5.46. The topological polar surface area (TPSA) is 51.6 Å². The molecule has 0 aliphatic rings. The molecule has 0 saturated heterocycles. The lowest BCUT2D eigenvalue weighted by Crippen LogP contribution is -1.95. The lowest BCUT2D eigenvalue weighted by molar-refractivity contribution is 1.22. The summed E-state index contributed by atoms with van der Waals surface area (Å²) in [6, 6.07) is 40.0. The number of nitrogens with zero attached hydrogens (tertiary/aromatic N) is 4. The molecule has 0 bridgehead atoms. The lowest BCUT2D eigenvalue weighted by atomic mass is 9.87. The average molecular weight is 511 g/mol. The van der Waals surface area contributed by atoms with Crippen molar-refractivity contribution in [3.8, 4) is 45.2 Å². The smallest absolute Gasteiger partial charge is 0.0900 e. The number of hydrogen-bond donors (Lipinski definition) is 0. The van der Waals surface area contributed by atoms with Crippen molar-refractivity contribution in [3.63, 3.8) is 0 Å². The molecule has 0 saturated carbocycles. The highest BCUT2D eigenvalue weighted by Crippen LogP contribution is 2.42. The van der Waals surface area contributed by atoms with Crippen LogP contribution in [-0.4, -0.2) is 19.9 Å². The van der Waals surface area contributed by atoms with Crippen LogP contribution >= 0.6 is 0 Å². The summed E-state index contributed by atoms with van der Waals surface area (Å²) >= 11 is 0. The second-order valence-corrected chi connectivity index (χ2v) is 9.92. The van der Waals surface area contributed by atoms with Crippen molar-refractivity contribution in [2.75, 3.05) is 0 Å². The molecule has 4 aromatic heterocycles. The minimum absolute atomic E-state index is 0.821. The molecular weight excluding hydrogens is 488 g/mol. The van der Waals surface area contributed by atoms with Gasteiger partial charge in [0.15, 0.2) is 0 Å². The molecule has 0 radical (unpaired) electrons. The molecule has 4 nitrogen and oxygen atoms in total. The molecule has 0 fully saturated rings. The van der Waals surface area contributed by atoms with E-state index in [9.17, 15) is 0 Å². The molecule has 186 valence electrons. The first kappa shape index (κ1) is 22.5. The van der Waals surface area contributed by atoms with Crippen molar-refractivity contribution < 1.29 is 0 Å². The van der Waals surface area contributed by atoms with Gasteiger partial charge in [0, 0.05) is 24.2 Å². The van der Waals surface area contributed by atoms with Crippen LogP contribution in [0.15, 0.2) is 134 Å². The number of benzene rings is 4. The largest absolute Gasteiger partial charge is 0.256 e. The Kier molecular flexibility index (Phi) is 5.10. The highest BCUT2D eigenvalue weighted by atomic mass is 14.8. The maximum Gasteiger partial charge on any atom is 0.0900 e. The van der Waals surface area contributed by atoms with E-state index in [1.165, 1.54) is 32.3 Å². The van der Waals surface area contributed by atoms with Crippen molar-refractivity contribution in [1.82, 2.24) is 19.9 Å². The van der Waals surface area contributed by atoms with Crippen LogP contribution in [0.4, 0.5) is 0 Å². The van der Waals surface area contributed by atoms with Crippen LogP contribution in [0.3, 0.4) is 0 Å². The maximum atomic E-state index is 4.97. The Morgan fingerprint density at radius 1 is 0.375 bits per heavy atom. The Balaban J connectivity index is 1.41. The minimum Gasteiger partial charge on any atom is -0.256 e. The second-order valence-electron chi connectivity index (χ2n) is 9.92. The molecule has 4 heteroatoms. The molecule has 0 aliphatic heterocycles. The van der Waals surface area contributed by atoms with Crippen LogP contribution < -0.4 is 0 Å². The summed E-state index contributed by atoms with van der Waals surface area (Å²) in [5.41, 5.74) is 7.67. The number of hydrogen-bond acceptors (Lipinski definition) is 4. The SMILES string of the molecule is c1ccc(-c2cc(-c3ccc4ccc5c(-c6ccccn6)ccc6ccc3c4c65)cc(-c3ccccn3)n2)nc1. The zero-order valence-corrected chi connectivity index (χ0v) is 21.5. The van der Waals surface area contributed by atoms with E-state index in [-0.39, 0.29) is 0 Å². The molecule has 0 aliphatic carbocycles. The van der Waals surface area contributed by atoms with Crippen LogP contribution in [0.25, 0.3) is 77.5 Å². The van der Waals surface area contributed by atoms with Gasteiger partial charge in [-0.3, -0.25) is 15.0 Å². The minimum atomic E-state index is 0.821. The van der Waals surface area contributed by atoms with Gasteiger partial charge in [-0.1, -0.05) is 66.7 Å². The molecule has 40 heavy (non-hydrogen) atoms. The van der Waals surface area contributed by atoms with E-state index in [0.29, 0.717) is 0 Å². The Morgan fingerprint density at radius 3 is 1.38 bits per heavy atom. The third-order valence-corrected chi connectivity index (χ3v) is 7.60. The predicted molar refractivity (Wildman–Crippen MR) is 163 cm³/mol. The lowest BCUT2D eigenvalue weighted by Gasteiger charge is -2.17. The van der Waals surface area contributed by atoms with Gasteiger partial charge in [-0.15, -0.1) is 0 Å². The van der Waals surface area contributed by atoms with E-state index in [1.54, 1.807) is 12.4 Å². The van der Waals surface area contributed by atoms with Gasteiger partial charge in [-0.2, -0.15) is 0 Å². The fourth-order valence-corrected chi connectivity index (χ4v) is 5.78. The highest BCUT2D eigenvalue weighted by molar-refractivity contribution is 6.27. The molecule has 0 N–H and O–H groups in total. The quantitative estimate of drug-likeness (QED) is 0.222. The average Bonchev–Trinajstić information content (AvgIpc) is 3.04. The third kappa shape index (κ3) is 3.62. The molecule has 8 aromatic rings. The molecule has 0 amide bonds. The maximum absolute atomic E-state index is 4.97. The molecule has 0 unspecified atom stereocenters. The highest BCUT2D eigenvalue weighted by Gasteiger charge is 2.17. The van der Waals surface area contributed by atoms with Gasteiger partial charge in [0.1, 0.15) is 0 Å². The van der Waals surface area contributed by atoms with Crippen molar-refractivity contribution >= 4 is 32.3 Å². The predicted octanol–water partition coefficient (Wildman–Crippen LogP) is 8.83. The second kappa shape index (κ2) is 9.07. The Hall–Kier alpha value is -5.48. The van der Waals surface area contributed by atoms with Gasteiger partial charge < -0.3 is 0 Å². The first-order valence-electron chi connectivity index (χ1n) is 13.3. The van der Waals surface area contributed by atoms with Crippen molar-refractivity contribution in [2.45, 2.75) is 0 Å². The third-order valence-electron chi connectivity index (χ3n) is 7.60. The van der Waals surface area contributed by atoms with E-state index in [2.05, 4.69) is 81.7 Å². The summed E-state index contributed by atoms with van der Waals surface area (Å²) in [5.74, 6) is 0.